The maximum absolute atomic E-state index is 14.7. The fourth-order valence-corrected chi connectivity index (χ4v) is 7.15. The lowest BCUT2D eigenvalue weighted by Crippen LogP contribution is -2.48. The highest BCUT2D eigenvalue weighted by Crippen LogP contribution is 2.59. The van der Waals surface area contributed by atoms with Crippen molar-refractivity contribution >= 4 is 35.1 Å². The summed E-state index contributed by atoms with van der Waals surface area (Å²) in [5.74, 6) is 2.25. The van der Waals surface area contributed by atoms with E-state index in [0.29, 0.717) is 34.3 Å². The van der Waals surface area contributed by atoms with Crippen LogP contribution in [0.2, 0.25) is 0 Å². The molecule has 2 aliphatic heterocycles. The SMILES string of the molecule is CCN(CC)c1ccc2c(c1)Oc1cc(N(CC)CC)ccc1C21c2ccccc2C(=O)N1c1cccc(N=Cc2ccccc2O)n1. The summed E-state index contributed by atoms with van der Waals surface area (Å²) in [6.07, 6.45) is 1.58. The zero-order chi connectivity index (χ0) is 33.4. The number of carbonyl (C=O) groups is 1. The summed E-state index contributed by atoms with van der Waals surface area (Å²) >= 11 is 0. The second-order valence-electron chi connectivity index (χ2n) is 11.9. The molecule has 4 aromatic carbocycles. The second-order valence-corrected chi connectivity index (χ2v) is 11.9. The Kier molecular flexibility index (Phi) is 8.09. The van der Waals surface area contributed by atoms with Gasteiger partial charge >= 0.3 is 0 Å². The smallest absolute Gasteiger partial charge is 0.261 e. The Morgan fingerprint density at radius 2 is 1.35 bits per heavy atom. The van der Waals surface area contributed by atoms with Crippen LogP contribution in [0.4, 0.5) is 23.0 Å². The molecule has 0 fully saturated rings. The monoisotopic (exact) mass is 637 g/mol. The Morgan fingerprint density at radius 1 is 0.750 bits per heavy atom. The molecule has 0 radical (unpaired) electrons. The minimum absolute atomic E-state index is 0.130. The highest BCUT2D eigenvalue weighted by molar-refractivity contribution is 6.14. The van der Waals surface area contributed by atoms with Crippen LogP contribution in [-0.4, -0.2) is 48.4 Å². The highest BCUT2D eigenvalue weighted by Gasteiger charge is 2.57. The molecule has 0 saturated carbocycles. The Hall–Kier alpha value is -5.63. The third-order valence-corrected chi connectivity index (χ3v) is 9.49. The number of aromatic hydroxyl groups is 1. The standard InChI is InChI=1S/C40H39N5O3/c1-5-43(6-2)28-20-22-32-35(24-28)48-36-25-29(44(7-3)8-4)21-23-33(36)40(32)31-16-11-10-15-30(31)39(47)45(40)38-19-13-18-37(42-38)41-26-27-14-9-12-17-34(27)46/h9-26,46H,5-8H2,1-4H3. The van der Waals surface area contributed by atoms with Gasteiger partial charge in [0.1, 0.15) is 28.6 Å². The van der Waals surface area contributed by atoms with Gasteiger partial charge in [-0.05, 0) is 70.2 Å². The van der Waals surface area contributed by atoms with E-state index in [0.717, 1.165) is 54.2 Å². The molecule has 2 aliphatic rings. The fourth-order valence-electron chi connectivity index (χ4n) is 7.15. The summed E-state index contributed by atoms with van der Waals surface area (Å²) in [6.45, 7) is 12.0. The van der Waals surface area contributed by atoms with Crippen molar-refractivity contribution in [3.8, 4) is 17.2 Å². The largest absolute Gasteiger partial charge is 0.507 e. The molecule has 7 rings (SSSR count). The molecule has 0 saturated heterocycles. The first-order valence-electron chi connectivity index (χ1n) is 16.6. The Balaban J connectivity index is 1.48. The average molecular weight is 638 g/mol. The molecular formula is C40H39N5O3. The summed E-state index contributed by atoms with van der Waals surface area (Å²) in [6, 6.07) is 33.0. The number of para-hydroxylation sites is 1. The Bertz CT molecular complexity index is 1970. The van der Waals surface area contributed by atoms with Crippen molar-refractivity contribution in [3.63, 3.8) is 0 Å². The number of fused-ring (bicyclic) bond motifs is 6. The van der Waals surface area contributed by atoms with Gasteiger partial charge in [0, 0.05) is 83.7 Å². The first kappa shape index (κ1) is 31.0. The molecule has 48 heavy (non-hydrogen) atoms. The average Bonchev–Trinajstić information content (AvgIpc) is 3.37. The van der Waals surface area contributed by atoms with Crippen molar-refractivity contribution in [1.29, 1.82) is 0 Å². The van der Waals surface area contributed by atoms with E-state index in [1.807, 2.05) is 47.4 Å². The quantitative estimate of drug-likeness (QED) is 0.164. The molecule has 0 atom stereocenters. The number of carbonyl (C=O) groups excluding carboxylic acids is 1. The molecule has 1 spiro atoms. The van der Waals surface area contributed by atoms with E-state index in [4.69, 9.17) is 9.72 Å². The topological polar surface area (TPSA) is 81.5 Å². The number of pyridine rings is 1. The molecule has 3 heterocycles. The predicted molar refractivity (Wildman–Crippen MR) is 193 cm³/mol. The maximum Gasteiger partial charge on any atom is 0.261 e. The number of benzene rings is 4. The molecule has 0 aliphatic carbocycles. The van der Waals surface area contributed by atoms with Crippen molar-refractivity contribution in [3.05, 3.63) is 131 Å². The number of aliphatic imine (C=N–C) groups is 1. The lowest BCUT2D eigenvalue weighted by atomic mass is 9.74. The van der Waals surface area contributed by atoms with Crippen molar-refractivity contribution in [2.75, 3.05) is 40.9 Å². The van der Waals surface area contributed by atoms with Gasteiger partial charge in [-0.15, -0.1) is 0 Å². The van der Waals surface area contributed by atoms with Gasteiger partial charge in [0.15, 0.2) is 5.82 Å². The molecule has 0 bridgehead atoms. The van der Waals surface area contributed by atoms with Gasteiger partial charge in [0.05, 0.1) is 0 Å². The predicted octanol–water partition coefficient (Wildman–Crippen LogP) is 8.29. The van der Waals surface area contributed by atoms with E-state index in [2.05, 4.69) is 78.9 Å². The fraction of sp³-hybridized carbons (Fsp3) is 0.225. The summed E-state index contributed by atoms with van der Waals surface area (Å²) < 4.78 is 6.82. The van der Waals surface area contributed by atoms with Crippen LogP contribution in [0.25, 0.3) is 0 Å². The number of anilines is 3. The third-order valence-electron chi connectivity index (χ3n) is 9.49. The van der Waals surface area contributed by atoms with E-state index in [-0.39, 0.29) is 11.7 Å². The van der Waals surface area contributed by atoms with Crippen LogP contribution in [0.3, 0.4) is 0 Å². The molecule has 1 amide bonds. The number of hydrogen-bond donors (Lipinski definition) is 1. The molecular weight excluding hydrogens is 598 g/mol. The molecule has 242 valence electrons. The minimum Gasteiger partial charge on any atom is -0.507 e. The van der Waals surface area contributed by atoms with Gasteiger partial charge < -0.3 is 19.6 Å². The number of ether oxygens (including phenoxy) is 1. The number of amides is 1. The summed E-state index contributed by atoms with van der Waals surface area (Å²) in [4.78, 5) is 30.6. The number of rotatable bonds is 9. The van der Waals surface area contributed by atoms with Crippen LogP contribution in [0.1, 0.15) is 60.3 Å². The van der Waals surface area contributed by atoms with Gasteiger partial charge in [-0.1, -0.05) is 48.5 Å². The van der Waals surface area contributed by atoms with Crippen molar-refractivity contribution in [1.82, 2.24) is 4.98 Å². The molecule has 8 nitrogen and oxygen atoms in total. The van der Waals surface area contributed by atoms with Gasteiger partial charge in [0.2, 0.25) is 0 Å². The molecule has 1 N–H and O–H groups in total. The summed E-state index contributed by atoms with van der Waals surface area (Å²) in [7, 11) is 0. The Morgan fingerprint density at radius 3 is 1.98 bits per heavy atom. The van der Waals surface area contributed by atoms with E-state index < -0.39 is 5.54 Å². The molecule has 8 heteroatoms. The van der Waals surface area contributed by atoms with Crippen LogP contribution < -0.4 is 19.4 Å². The van der Waals surface area contributed by atoms with Crippen LogP contribution in [0.5, 0.6) is 17.2 Å². The van der Waals surface area contributed by atoms with Crippen molar-refractivity contribution in [2.24, 2.45) is 4.99 Å². The van der Waals surface area contributed by atoms with E-state index in [1.54, 1.807) is 30.5 Å². The molecule has 5 aromatic rings. The van der Waals surface area contributed by atoms with Gasteiger partial charge in [-0.25, -0.2) is 9.98 Å². The van der Waals surface area contributed by atoms with Gasteiger partial charge in [-0.2, -0.15) is 0 Å². The van der Waals surface area contributed by atoms with Crippen LogP contribution >= 0.6 is 0 Å². The Labute approximate surface area is 281 Å². The zero-order valence-corrected chi connectivity index (χ0v) is 27.7. The summed E-state index contributed by atoms with van der Waals surface area (Å²) in [5.41, 5.74) is 4.84. The number of hydrogen-bond acceptors (Lipinski definition) is 7. The highest BCUT2D eigenvalue weighted by atomic mass is 16.5. The lowest BCUT2D eigenvalue weighted by molar-refractivity contribution is 0.0985. The van der Waals surface area contributed by atoms with E-state index in [9.17, 15) is 9.90 Å². The second kappa shape index (κ2) is 12.5. The number of phenolic OH excluding ortho intramolecular Hbond substituents is 1. The summed E-state index contributed by atoms with van der Waals surface area (Å²) in [5, 5.41) is 10.3. The van der Waals surface area contributed by atoms with Crippen molar-refractivity contribution in [2.45, 2.75) is 33.2 Å². The van der Waals surface area contributed by atoms with Crippen LogP contribution in [-0.2, 0) is 5.54 Å². The molecule has 0 unspecified atom stereocenters. The van der Waals surface area contributed by atoms with Crippen molar-refractivity contribution < 1.29 is 14.6 Å². The normalized spacial score (nSPS) is 14.1. The number of aromatic nitrogens is 1. The van der Waals surface area contributed by atoms with E-state index >= 15 is 0 Å². The first-order chi connectivity index (χ1) is 23.4. The first-order valence-corrected chi connectivity index (χ1v) is 16.6. The number of phenols is 1. The van der Waals surface area contributed by atoms with Gasteiger partial charge in [0.25, 0.3) is 5.91 Å². The number of nitrogens with zero attached hydrogens (tertiary/aromatic N) is 5. The van der Waals surface area contributed by atoms with Crippen LogP contribution in [0, 0.1) is 0 Å². The zero-order valence-electron chi connectivity index (χ0n) is 27.7. The van der Waals surface area contributed by atoms with E-state index in [1.165, 1.54) is 0 Å². The third kappa shape index (κ3) is 4.87. The minimum atomic E-state index is -1.06. The van der Waals surface area contributed by atoms with Crippen LogP contribution in [0.15, 0.2) is 108 Å². The lowest BCUT2D eigenvalue weighted by Gasteiger charge is -2.44. The maximum atomic E-state index is 14.7. The van der Waals surface area contributed by atoms with Gasteiger partial charge in [-0.3, -0.25) is 9.69 Å². The molecule has 1 aromatic heterocycles.